The van der Waals surface area contributed by atoms with E-state index in [1.165, 1.54) is 6.07 Å². The van der Waals surface area contributed by atoms with E-state index in [1.807, 2.05) is 0 Å². The quantitative estimate of drug-likeness (QED) is 0.614. The third-order valence-electron chi connectivity index (χ3n) is 3.58. The smallest absolute Gasteiger partial charge is 0.222 e. The fraction of sp³-hybridized carbons (Fsp3) is 0.500. The highest BCUT2D eigenvalue weighted by Gasteiger charge is 2.81. The van der Waals surface area contributed by atoms with Crippen molar-refractivity contribution in [2.45, 2.75) is 37.0 Å². The molecule has 0 aromatic heterocycles. The Balaban J connectivity index is 2.84. The Morgan fingerprint density at radius 3 is 1.78 bits per heavy atom. The van der Waals surface area contributed by atoms with E-state index in [0.717, 1.165) is 32.0 Å². The Hall–Kier alpha value is -1.20. The molecular weight excluding hydrogens is 258 g/mol. The van der Waals surface area contributed by atoms with Gasteiger partial charge in [-0.1, -0.05) is 24.3 Å². The Kier molecular flexibility index (Phi) is 2.37. The predicted molar refractivity (Wildman–Crippen MR) is 53.3 cm³/mol. The lowest BCUT2D eigenvalue weighted by Gasteiger charge is -2.35. The molecule has 1 aliphatic carbocycles. The Bertz CT molecular complexity index is 488. The number of rotatable bonds is 0. The van der Waals surface area contributed by atoms with Crippen LogP contribution >= 0.6 is 0 Å². The van der Waals surface area contributed by atoms with Gasteiger partial charge < -0.3 is 0 Å². The van der Waals surface area contributed by atoms with Gasteiger partial charge in [0.2, 0.25) is 0 Å². The number of benzene rings is 1. The summed E-state index contributed by atoms with van der Waals surface area (Å²) in [6.07, 6.45) is -5.67. The molecular formula is C12H10F6. The highest BCUT2D eigenvalue weighted by atomic mass is 19.4. The Morgan fingerprint density at radius 2 is 1.33 bits per heavy atom. The molecule has 1 aromatic carbocycles. The first kappa shape index (κ1) is 13.2. The first-order valence-corrected chi connectivity index (χ1v) is 5.21. The molecule has 0 N–H and O–H groups in total. The molecule has 0 bridgehead atoms. The molecule has 0 spiro atoms. The monoisotopic (exact) mass is 268 g/mol. The molecule has 0 radical (unpaired) electrons. The molecule has 0 saturated carbocycles. The number of hydrogen-bond donors (Lipinski definition) is 0. The van der Waals surface area contributed by atoms with Gasteiger partial charge >= 0.3 is 12.1 Å². The molecule has 1 aliphatic rings. The molecule has 0 amide bonds. The van der Waals surface area contributed by atoms with E-state index >= 15 is 0 Å². The van der Waals surface area contributed by atoms with Gasteiger partial charge in [0.1, 0.15) is 0 Å². The highest BCUT2D eigenvalue weighted by Crippen LogP contribution is 2.65. The van der Waals surface area contributed by atoms with Crippen LogP contribution in [0.25, 0.3) is 0 Å². The van der Waals surface area contributed by atoms with Crippen LogP contribution in [0.4, 0.5) is 26.3 Å². The van der Waals surface area contributed by atoms with Crippen molar-refractivity contribution in [2.24, 2.45) is 0 Å². The van der Waals surface area contributed by atoms with E-state index in [1.54, 1.807) is 0 Å². The number of fused-ring (bicyclic) bond motifs is 1. The van der Waals surface area contributed by atoms with Gasteiger partial charge in [-0.15, -0.1) is 0 Å². The first-order valence-electron chi connectivity index (χ1n) is 5.21. The summed E-state index contributed by atoms with van der Waals surface area (Å²) in [5, 5.41) is 0. The van der Waals surface area contributed by atoms with Crippen LogP contribution in [0.3, 0.4) is 0 Å². The summed E-state index contributed by atoms with van der Waals surface area (Å²) in [7, 11) is 0. The summed E-state index contributed by atoms with van der Waals surface area (Å²) in [6, 6.07) is 4.32. The van der Waals surface area contributed by atoms with Crippen LogP contribution in [0, 0.1) is 0 Å². The number of alkyl halides is 6. The minimum Gasteiger partial charge on any atom is -0.222 e. The second kappa shape index (κ2) is 3.22. The van der Waals surface area contributed by atoms with Gasteiger partial charge in [0, 0.05) is 5.56 Å². The van der Waals surface area contributed by atoms with Crippen LogP contribution in [0.1, 0.15) is 25.0 Å². The molecule has 1 aromatic rings. The zero-order valence-corrected chi connectivity index (χ0v) is 9.58. The zero-order chi connectivity index (χ0) is 14.0. The Morgan fingerprint density at radius 1 is 0.889 bits per heavy atom. The van der Waals surface area contributed by atoms with Crippen molar-refractivity contribution < 1.29 is 26.3 Å². The van der Waals surface area contributed by atoms with Crippen LogP contribution in [0.2, 0.25) is 0 Å². The minimum absolute atomic E-state index is 0.310. The summed E-state index contributed by atoms with van der Waals surface area (Å²) >= 11 is 0. The summed E-state index contributed by atoms with van der Waals surface area (Å²) in [5.41, 5.74) is -8.16. The maximum absolute atomic E-state index is 14.2. The van der Waals surface area contributed by atoms with E-state index in [9.17, 15) is 26.3 Å². The van der Waals surface area contributed by atoms with Gasteiger partial charge in [0.15, 0.2) is 0 Å². The van der Waals surface area contributed by atoms with E-state index < -0.39 is 28.7 Å². The summed E-state index contributed by atoms with van der Waals surface area (Å²) in [6.45, 7) is 1.83. The van der Waals surface area contributed by atoms with Crippen molar-refractivity contribution in [3.8, 4) is 0 Å². The van der Waals surface area contributed by atoms with Crippen molar-refractivity contribution in [1.82, 2.24) is 0 Å². The van der Waals surface area contributed by atoms with Gasteiger partial charge in [-0.25, -0.2) is 13.2 Å². The third kappa shape index (κ3) is 1.18. The number of hydrogen-bond acceptors (Lipinski definition) is 0. The Labute approximate surface area is 99.6 Å². The first-order chi connectivity index (χ1) is 7.98. The molecule has 6 heteroatoms. The van der Waals surface area contributed by atoms with E-state index in [4.69, 9.17) is 0 Å². The third-order valence-corrected chi connectivity index (χ3v) is 3.58. The average Bonchev–Trinajstić information content (AvgIpc) is 2.36. The lowest BCUT2D eigenvalue weighted by molar-refractivity contribution is -0.315. The zero-order valence-electron chi connectivity index (χ0n) is 9.58. The molecule has 0 heterocycles. The predicted octanol–water partition coefficient (Wildman–Crippen LogP) is 4.34. The maximum Gasteiger partial charge on any atom is 0.432 e. The van der Waals surface area contributed by atoms with Gasteiger partial charge in [0.25, 0.3) is 5.67 Å². The van der Waals surface area contributed by atoms with Crippen molar-refractivity contribution in [3.05, 3.63) is 35.4 Å². The molecule has 18 heavy (non-hydrogen) atoms. The summed E-state index contributed by atoms with van der Waals surface area (Å²) < 4.78 is 80.6. The van der Waals surface area contributed by atoms with Crippen LogP contribution < -0.4 is 0 Å². The molecule has 0 nitrogen and oxygen atoms in total. The standard InChI is InChI=1S/C12H10F6/c1-9(2)7-5-3-4-6-8(7)10(13,11(9,14)15)12(16,17)18/h3-6H,1-2H3. The maximum atomic E-state index is 14.2. The largest absolute Gasteiger partial charge is 0.432 e. The van der Waals surface area contributed by atoms with Crippen LogP contribution in [-0.4, -0.2) is 12.1 Å². The molecule has 0 aliphatic heterocycles. The van der Waals surface area contributed by atoms with E-state index in [-0.39, 0.29) is 5.56 Å². The van der Waals surface area contributed by atoms with Gasteiger partial charge in [-0.05, 0) is 19.4 Å². The second-order valence-electron chi connectivity index (χ2n) is 4.90. The van der Waals surface area contributed by atoms with Crippen molar-refractivity contribution in [3.63, 3.8) is 0 Å². The van der Waals surface area contributed by atoms with Crippen LogP contribution in [0.15, 0.2) is 24.3 Å². The fourth-order valence-electron chi connectivity index (χ4n) is 2.43. The molecule has 0 fully saturated rings. The summed E-state index contributed by atoms with van der Waals surface area (Å²) in [4.78, 5) is 0. The van der Waals surface area contributed by atoms with Crippen molar-refractivity contribution >= 4 is 0 Å². The van der Waals surface area contributed by atoms with E-state index in [2.05, 4.69) is 0 Å². The summed E-state index contributed by atoms with van der Waals surface area (Å²) in [5.74, 6) is -4.55. The second-order valence-corrected chi connectivity index (χ2v) is 4.90. The average molecular weight is 268 g/mol. The lowest BCUT2D eigenvalue weighted by Crippen LogP contribution is -2.55. The van der Waals surface area contributed by atoms with Gasteiger partial charge in [-0.3, -0.25) is 0 Å². The molecule has 2 rings (SSSR count). The molecule has 1 unspecified atom stereocenters. The van der Waals surface area contributed by atoms with Crippen molar-refractivity contribution in [1.29, 1.82) is 0 Å². The van der Waals surface area contributed by atoms with Crippen LogP contribution in [0.5, 0.6) is 0 Å². The number of halogens is 6. The molecule has 100 valence electrons. The molecule has 0 saturated heterocycles. The molecule has 1 atom stereocenters. The van der Waals surface area contributed by atoms with Crippen LogP contribution in [-0.2, 0) is 11.1 Å². The van der Waals surface area contributed by atoms with Crippen molar-refractivity contribution in [2.75, 3.05) is 0 Å². The van der Waals surface area contributed by atoms with Gasteiger partial charge in [0.05, 0.1) is 5.41 Å². The minimum atomic E-state index is -5.67. The van der Waals surface area contributed by atoms with E-state index in [0.29, 0.717) is 0 Å². The SMILES string of the molecule is CC1(C)c2ccccc2C(F)(C(F)(F)F)C1(F)F. The topological polar surface area (TPSA) is 0 Å². The normalized spacial score (nSPS) is 29.1. The van der Waals surface area contributed by atoms with Gasteiger partial charge in [-0.2, -0.15) is 13.2 Å². The highest BCUT2D eigenvalue weighted by molar-refractivity contribution is 5.49. The lowest BCUT2D eigenvalue weighted by atomic mass is 9.81. The fourth-order valence-corrected chi connectivity index (χ4v) is 2.43.